The van der Waals surface area contributed by atoms with Crippen LogP contribution >= 0.6 is 35.0 Å². The molecule has 0 atom stereocenters. The summed E-state index contributed by atoms with van der Waals surface area (Å²) in [5, 5.41) is 14.1. The van der Waals surface area contributed by atoms with Crippen LogP contribution in [0.4, 0.5) is 0 Å². The second-order valence-electron chi connectivity index (χ2n) is 6.37. The molecule has 0 unspecified atom stereocenters. The Morgan fingerprint density at radius 1 is 1.16 bits per heavy atom. The van der Waals surface area contributed by atoms with Crippen LogP contribution in [-0.4, -0.2) is 46.9 Å². The second kappa shape index (κ2) is 11.2. The first-order chi connectivity index (χ1) is 15.5. The highest BCUT2D eigenvalue weighted by molar-refractivity contribution is 7.99. The van der Waals surface area contributed by atoms with Crippen LogP contribution in [0.2, 0.25) is 10.0 Å². The Labute approximate surface area is 199 Å². The lowest BCUT2D eigenvalue weighted by atomic mass is 10.2. The largest absolute Gasteiger partial charge is 0.493 e. The van der Waals surface area contributed by atoms with Crippen LogP contribution in [0.3, 0.4) is 0 Å². The summed E-state index contributed by atoms with van der Waals surface area (Å²) in [5.74, 6) is 1.74. The third kappa shape index (κ3) is 5.73. The number of ether oxygens (including phenoxy) is 2. The van der Waals surface area contributed by atoms with E-state index in [4.69, 9.17) is 32.7 Å². The zero-order valence-corrected chi connectivity index (χ0v) is 20.0. The smallest absolute Gasteiger partial charge is 0.250 e. The molecule has 0 saturated heterocycles. The topological polar surface area (TPSA) is 90.6 Å². The number of hydrazone groups is 1. The number of nitrogens with one attached hydrogen (secondary N) is 1. The van der Waals surface area contributed by atoms with Crippen molar-refractivity contribution in [2.45, 2.75) is 18.6 Å². The maximum atomic E-state index is 12.2. The van der Waals surface area contributed by atoms with Gasteiger partial charge in [0.1, 0.15) is 0 Å². The van der Waals surface area contributed by atoms with E-state index in [0.717, 1.165) is 5.56 Å². The van der Waals surface area contributed by atoms with Gasteiger partial charge in [0.2, 0.25) is 0 Å². The summed E-state index contributed by atoms with van der Waals surface area (Å²) in [6.45, 7) is 2.62. The summed E-state index contributed by atoms with van der Waals surface area (Å²) in [7, 11) is 3.16. The highest BCUT2D eigenvalue weighted by atomic mass is 35.5. The van der Waals surface area contributed by atoms with E-state index in [1.807, 2.05) is 29.7 Å². The van der Waals surface area contributed by atoms with Crippen molar-refractivity contribution in [1.29, 1.82) is 0 Å². The van der Waals surface area contributed by atoms with Crippen molar-refractivity contribution >= 4 is 47.1 Å². The molecule has 0 bridgehead atoms. The van der Waals surface area contributed by atoms with Gasteiger partial charge in [-0.15, -0.1) is 10.2 Å². The number of aromatic nitrogens is 3. The Bertz CT molecular complexity index is 1140. The van der Waals surface area contributed by atoms with Gasteiger partial charge in [-0.1, -0.05) is 41.0 Å². The summed E-state index contributed by atoms with van der Waals surface area (Å²) in [6.07, 6.45) is 1.46. The third-order valence-corrected chi connectivity index (χ3v) is 5.89. The van der Waals surface area contributed by atoms with Crippen molar-refractivity contribution in [2.24, 2.45) is 5.10 Å². The molecule has 8 nitrogen and oxygen atoms in total. The molecule has 0 spiro atoms. The van der Waals surface area contributed by atoms with Gasteiger partial charge in [-0.25, -0.2) is 5.43 Å². The van der Waals surface area contributed by atoms with E-state index in [1.54, 1.807) is 32.4 Å². The Balaban J connectivity index is 1.65. The zero-order chi connectivity index (χ0) is 23.1. The molecule has 32 heavy (non-hydrogen) atoms. The maximum absolute atomic E-state index is 12.2. The fourth-order valence-electron chi connectivity index (χ4n) is 2.81. The maximum Gasteiger partial charge on any atom is 0.250 e. The van der Waals surface area contributed by atoms with Crippen molar-refractivity contribution in [2.75, 3.05) is 20.0 Å². The van der Waals surface area contributed by atoms with Crippen molar-refractivity contribution in [3.63, 3.8) is 0 Å². The van der Waals surface area contributed by atoms with Gasteiger partial charge in [0.25, 0.3) is 5.91 Å². The van der Waals surface area contributed by atoms with Gasteiger partial charge in [0.05, 0.1) is 31.2 Å². The number of methoxy groups -OCH3 is 2. The third-order valence-electron chi connectivity index (χ3n) is 4.36. The molecular weight excluding hydrogens is 473 g/mol. The van der Waals surface area contributed by atoms with E-state index in [9.17, 15) is 4.79 Å². The van der Waals surface area contributed by atoms with Gasteiger partial charge in [-0.3, -0.25) is 4.79 Å². The molecule has 1 N–H and O–H groups in total. The van der Waals surface area contributed by atoms with Crippen LogP contribution in [0.5, 0.6) is 11.5 Å². The molecule has 1 amide bonds. The Hall–Kier alpha value is -2.75. The predicted molar refractivity (Wildman–Crippen MR) is 127 cm³/mol. The average Bonchev–Trinajstić information content (AvgIpc) is 3.21. The standard InChI is InChI=1S/C21H21Cl2N5O3S/c1-4-28-20(13-6-8-17(30-2)18(9-13)31-3)26-27-21(28)32-12-19(29)25-24-11-14-5-7-15(22)10-16(14)23/h5-11H,4,12H2,1-3H3,(H,25,29)/b24-11-. The van der Waals surface area contributed by atoms with Crippen LogP contribution in [0.15, 0.2) is 46.7 Å². The fraction of sp³-hybridized carbons (Fsp3) is 0.238. The van der Waals surface area contributed by atoms with E-state index < -0.39 is 0 Å². The molecule has 0 saturated carbocycles. The van der Waals surface area contributed by atoms with Crippen molar-refractivity contribution in [3.8, 4) is 22.9 Å². The monoisotopic (exact) mass is 493 g/mol. The van der Waals surface area contributed by atoms with E-state index in [2.05, 4.69) is 20.7 Å². The number of carbonyl (C=O) groups is 1. The van der Waals surface area contributed by atoms with E-state index in [-0.39, 0.29) is 11.7 Å². The molecule has 0 fully saturated rings. The first-order valence-corrected chi connectivity index (χ1v) is 11.3. The predicted octanol–water partition coefficient (Wildman–Crippen LogP) is 4.53. The molecule has 1 heterocycles. The number of hydrogen-bond donors (Lipinski definition) is 1. The highest BCUT2D eigenvalue weighted by Gasteiger charge is 2.16. The minimum atomic E-state index is -0.283. The van der Waals surface area contributed by atoms with Gasteiger partial charge in [-0.05, 0) is 37.3 Å². The average molecular weight is 494 g/mol. The van der Waals surface area contributed by atoms with Crippen LogP contribution < -0.4 is 14.9 Å². The Morgan fingerprint density at radius 3 is 2.62 bits per heavy atom. The minimum Gasteiger partial charge on any atom is -0.493 e. The lowest BCUT2D eigenvalue weighted by Gasteiger charge is -2.10. The van der Waals surface area contributed by atoms with E-state index in [1.165, 1.54) is 18.0 Å². The lowest BCUT2D eigenvalue weighted by molar-refractivity contribution is -0.118. The van der Waals surface area contributed by atoms with Gasteiger partial charge in [-0.2, -0.15) is 5.10 Å². The number of hydrogen-bond acceptors (Lipinski definition) is 7. The zero-order valence-electron chi connectivity index (χ0n) is 17.6. The lowest BCUT2D eigenvalue weighted by Crippen LogP contribution is -2.20. The number of rotatable bonds is 9. The van der Waals surface area contributed by atoms with Gasteiger partial charge in [0.15, 0.2) is 22.5 Å². The summed E-state index contributed by atoms with van der Waals surface area (Å²) in [5.41, 5.74) is 3.96. The van der Waals surface area contributed by atoms with Crippen molar-refractivity contribution in [3.05, 3.63) is 52.0 Å². The number of nitrogens with zero attached hydrogens (tertiary/aromatic N) is 4. The SMILES string of the molecule is CCn1c(SCC(=O)N/N=C\c2ccc(Cl)cc2Cl)nnc1-c1ccc(OC)c(OC)c1. The molecule has 0 aliphatic carbocycles. The van der Waals surface area contributed by atoms with Gasteiger partial charge in [0, 0.05) is 22.7 Å². The molecule has 2 aromatic carbocycles. The summed E-state index contributed by atoms with van der Waals surface area (Å²) < 4.78 is 12.6. The second-order valence-corrected chi connectivity index (χ2v) is 8.15. The number of thioether (sulfide) groups is 1. The summed E-state index contributed by atoms with van der Waals surface area (Å²) in [4.78, 5) is 12.2. The fourth-order valence-corrected chi connectivity index (χ4v) is 4.06. The van der Waals surface area contributed by atoms with Crippen LogP contribution in [0, 0.1) is 0 Å². The van der Waals surface area contributed by atoms with Gasteiger partial charge >= 0.3 is 0 Å². The first kappa shape index (κ1) is 23.9. The van der Waals surface area contributed by atoms with Crippen LogP contribution in [0.25, 0.3) is 11.4 Å². The minimum absolute atomic E-state index is 0.121. The van der Waals surface area contributed by atoms with Crippen molar-refractivity contribution < 1.29 is 14.3 Å². The Kier molecular flexibility index (Phi) is 8.38. The first-order valence-electron chi connectivity index (χ1n) is 9.52. The van der Waals surface area contributed by atoms with E-state index >= 15 is 0 Å². The molecule has 3 aromatic rings. The molecule has 0 aliphatic rings. The molecule has 3 rings (SSSR count). The molecule has 0 aliphatic heterocycles. The van der Waals surface area contributed by atoms with Crippen molar-refractivity contribution in [1.82, 2.24) is 20.2 Å². The summed E-state index contributed by atoms with van der Waals surface area (Å²) in [6, 6.07) is 10.6. The highest BCUT2D eigenvalue weighted by Crippen LogP contribution is 2.32. The quantitative estimate of drug-likeness (QED) is 0.267. The molecule has 11 heteroatoms. The molecule has 168 valence electrons. The number of halogens is 2. The summed E-state index contributed by atoms with van der Waals surface area (Å²) >= 11 is 13.2. The number of benzene rings is 2. The van der Waals surface area contributed by atoms with Gasteiger partial charge < -0.3 is 14.0 Å². The van der Waals surface area contributed by atoms with E-state index in [0.29, 0.717) is 44.6 Å². The molecule has 1 aromatic heterocycles. The number of carbonyl (C=O) groups excluding carboxylic acids is 1. The van der Waals surface area contributed by atoms with Crippen LogP contribution in [0.1, 0.15) is 12.5 Å². The Morgan fingerprint density at radius 2 is 1.94 bits per heavy atom. The molecule has 0 radical (unpaired) electrons. The number of amides is 1. The van der Waals surface area contributed by atoms with Crippen LogP contribution in [-0.2, 0) is 11.3 Å². The normalized spacial score (nSPS) is 11.0. The molecular formula is C21H21Cl2N5O3S.